The number of amides is 2. The van der Waals surface area contributed by atoms with Crippen molar-refractivity contribution in [3.05, 3.63) is 66.0 Å². The molecule has 3 aromatic rings. The number of aromatic nitrogens is 2. The first-order chi connectivity index (χ1) is 14.1. The molecule has 0 spiro atoms. The number of fused-ring (bicyclic) bond motifs is 1. The Morgan fingerprint density at radius 2 is 1.80 bits per heavy atom. The average Bonchev–Trinajstić information content (AvgIpc) is 3.24. The van der Waals surface area contributed by atoms with Gasteiger partial charge in [-0.1, -0.05) is 64.2 Å². The van der Waals surface area contributed by atoms with Crippen molar-refractivity contribution >= 4 is 31.1 Å². The van der Waals surface area contributed by atoms with Crippen LogP contribution in [-0.2, 0) is 16.1 Å². The van der Waals surface area contributed by atoms with Gasteiger partial charge in [-0.15, -0.1) is 0 Å². The molecule has 0 N–H and O–H groups in total. The van der Waals surface area contributed by atoms with Crippen LogP contribution in [0.1, 0.15) is 44.2 Å². The fraction of sp³-hybridized carbons (Fsp3) is 0.375. The number of carbonyl (C=O) groups is 2. The molecular weight excluding hydrogens is 390 g/mol. The van der Waals surface area contributed by atoms with Gasteiger partial charge in [0.25, 0.3) is 0 Å². The monoisotopic (exact) mass is 419 g/mol. The quantitative estimate of drug-likeness (QED) is 0.445. The molecule has 2 aromatic heterocycles. The lowest BCUT2D eigenvalue weighted by molar-refractivity contribution is -0.139. The average molecular weight is 420 g/mol. The van der Waals surface area contributed by atoms with Gasteiger partial charge in [0.2, 0.25) is 11.8 Å². The Labute approximate surface area is 178 Å². The molecule has 4 rings (SSSR count). The number of pyridine rings is 1. The Hall–Kier alpha value is -2.73. The van der Waals surface area contributed by atoms with E-state index in [0.29, 0.717) is 6.54 Å². The second kappa shape index (κ2) is 7.20. The summed E-state index contributed by atoms with van der Waals surface area (Å²) < 4.78 is 2.34. The highest BCUT2D eigenvalue weighted by Crippen LogP contribution is 2.39. The number of hydrogen-bond acceptors (Lipinski definition) is 3. The highest BCUT2D eigenvalue weighted by atomic mass is 28.3. The van der Waals surface area contributed by atoms with E-state index in [1.165, 1.54) is 4.90 Å². The van der Waals surface area contributed by atoms with E-state index in [1.807, 2.05) is 36.4 Å². The minimum atomic E-state index is -1.80. The molecule has 2 amide bonds. The number of nitrogens with zero attached hydrogens (tertiary/aromatic N) is 3. The molecule has 0 saturated carbocycles. The third kappa shape index (κ3) is 3.39. The maximum Gasteiger partial charge on any atom is 0.237 e. The van der Waals surface area contributed by atoms with Gasteiger partial charge in [0.15, 0.2) is 8.24 Å². The summed E-state index contributed by atoms with van der Waals surface area (Å²) in [5.74, 6) is -0.698. The van der Waals surface area contributed by atoms with Crippen molar-refractivity contribution in [1.29, 1.82) is 0 Å². The molecule has 1 aliphatic rings. The third-order valence-electron chi connectivity index (χ3n) is 6.82. The van der Waals surface area contributed by atoms with Crippen molar-refractivity contribution < 1.29 is 9.59 Å². The summed E-state index contributed by atoms with van der Waals surface area (Å²) in [6.07, 6.45) is 4.12. The van der Waals surface area contributed by atoms with Crippen molar-refractivity contribution in [1.82, 2.24) is 14.1 Å². The molecule has 1 aliphatic heterocycles. The van der Waals surface area contributed by atoms with Gasteiger partial charge in [-0.25, -0.2) is 4.98 Å². The van der Waals surface area contributed by atoms with Gasteiger partial charge in [-0.05, 0) is 34.5 Å². The van der Waals surface area contributed by atoms with Crippen LogP contribution in [-0.4, -0.2) is 34.2 Å². The molecule has 156 valence electrons. The maximum absolute atomic E-state index is 13.0. The number of benzene rings is 1. The fourth-order valence-corrected chi connectivity index (χ4v) is 5.81. The molecular formula is C24H29N3O2Si. The van der Waals surface area contributed by atoms with Crippen molar-refractivity contribution in [3.8, 4) is 0 Å². The molecule has 3 heterocycles. The van der Waals surface area contributed by atoms with Crippen molar-refractivity contribution in [3.63, 3.8) is 0 Å². The van der Waals surface area contributed by atoms with Gasteiger partial charge >= 0.3 is 0 Å². The Bertz CT molecular complexity index is 1110. The number of likely N-dealkylation sites (tertiary alicyclic amines) is 1. The van der Waals surface area contributed by atoms with Crippen LogP contribution in [0.15, 0.2) is 54.9 Å². The van der Waals surface area contributed by atoms with Gasteiger partial charge in [-0.3, -0.25) is 14.5 Å². The van der Waals surface area contributed by atoms with Crippen molar-refractivity contribution in [2.75, 3.05) is 0 Å². The van der Waals surface area contributed by atoms with E-state index in [2.05, 4.69) is 50.4 Å². The first kappa shape index (κ1) is 20.5. The summed E-state index contributed by atoms with van der Waals surface area (Å²) in [5.41, 5.74) is 2.74. The summed E-state index contributed by atoms with van der Waals surface area (Å²) in [7, 11) is -1.80. The van der Waals surface area contributed by atoms with Crippen LogP contribution in [0.2, 0.25) is 18.1 Å². The number of rotatable bonds is 4. The molecule has 1 aromatic carbocycles. The Balaban J connectivity index is 1.63. The van der Waals surface area contributed by atoms with Crippen molar-refractivity contribution in [2.45, 2.75) is 57.8 Å². The van der Waals surface area contributed by atoms with Gasteiger partial charge in [0.05, 0.1) is 12.5 Å². The first-order valence-electron chi connectivity index (χ1n) is 10.5. The molecule has 5 nitrogen and oxygen atoms in total. The predicted molar refractivity (Wildman–Crippen MR) is 122 cm³/mol. The van der Waals surface area contributed by atoms with Crippen LogP contribution >= 0.6 is 0 Å². The third-order valence-corrected chi connectivity index (χ3v) is 12.1. The highest BCUT2D eigenvalue weighted by Gasteiger charge is 2.41. The summed E-state index contributed by atoms with van der Waals surface area (Å²) in [6, 6.07) is 13.8. The normalized spacial score (nSPS) is 17.9. The molecule has 1 fully saturated rings. The standard InChI is InChI=1S/C24H29N3O2Si/c1-24(2,3)30(4,5)27-12-11-18-13-19(15-25-22(18)27)20-14-21(28)26(23(20)29)16-17-9-7-6-8-10-17/h6-13,15,20H,14,16H2,1-5H3. The van der Waals surface area contributed by atoms with E-state index >= 15 is 0 Å². The van der Waals surface area contributed by atoms with Crippen molar-refractivity contribution in [2.24, 2.45) is 0 Å². The molecule has 6 heteroatoms. The topological polar surface area (TPSA) is 55.2 Å². The molecule has 1 saturated heterocycles. The van der Waals surface area contributed by atoms with E-state index in [1.54, 1.807) is 6.20 Å². The lowest BCUT2D eigenvalue weighted by atomic mass is 9.98. The highest BCUT2D eigenvalue weighted by molar-refractivity contribution is 6.79. The molecule has 1 unspecified atom stereocenters. The van der Waals surface area contributed by atoms with Gasteiger partial charge in [0.1, 0.15) is 5.65 Å². The van der Waals surface area contributed by atoms with E-state index in [9.17, 15) is 9.59 Å². The molecule has 0 aliphatic carbocycles. The minimum Gasteiger partial charge on any atom is -0.359 e. The van der Waals surface area contributed by atoms with Crippen LogP contribution < -0.4 is 0 Å². The molecule has 0 bridgehead atoms. The van der Waals surface area contributed by atoms with Gasteiger partial charge < -0.3 is 4.23 Å². The lowest BCUT2D eigenvalue weighted by Crippen LogP contribution is -2.45. The van der Waals surface area contributed by atoms with Crippen LogP contribution in [0.4, 0.5) is 0 Å². The fourth-order valence-electron chi connectivity index (χ4n) is 3.92. The molecule has 30 heavy (non-hydrogen) atoms. The maximum atomic E-state index is 13.0. The Kier molecular flexibility index (Phi) is 4.93. The second-order valence-corrected chi connectivity index (χ2v) is 14.8. The van der Waals surface area contributed by atoms with E-state index in [4.69, 9.17) is 4.98 Å². The second-order valence-electron chi connectivity index (χ2n) is 9.74. The largest absolute Gasteiger partial charge is 0.359 e. The first-order valence-corrected chi connectivity index (χ1v) is 13.4. The van der Waals surface area contributed by atoms with Crippen LogP contribution in [0.25, 0.3) is 11.0 Å². The summed E-state index contributed by atoms with van der Waals surface area (Å²) in [6.45, 7) is 11.9. The number of carbonyl (C=O) groups excluding carboxylic acids is 2. The number of hydrogen-bond donors (Lipinski definition) is 0. The van der Waals surface area contributed by atoms with E-state index in [0.717, 1.165) is 22.2 Å². The summed E-state index contributed by atoms with van der Waals surface area (Å²) in [5, 5.41) is 1.21. The van der Waals surface area contributed by atoms with Crippen LogP contribution in [0, 0.1) is 0 Å². The SMILES string of the molecule is CC(C)(C)[Si](C)(C)n1ccc2cc(C3CC(=O)N(Cc4ccccc4)C3=O)cnc21. The Morgan fingerprint density at radius 3 is 2.47 bits per heavy atom. The smallest absolute Gasteiger partial charge is 0.237 e. The van der Waals surface area contributed by atoms with Gasteiger partial charge in [-0.2, -0.15) is 0 Å². The molecule has 1 atom stereocenters. The number of imide groups is 1. The predicted octanol–water partition coefficient (Wildman–Crippen LogP) is 4.93. The van der Waals surface area contributed by atoms with Gasteiger partial charge in [0, 0.05) is 18.0 Å². The zero-order chi connectivity index (χ0) is 21.7. The summed E-state index contributed by atoms with van der Waals surface area (Å²) >= 11 is 0. The zero-order valence-electron chi connectivity index (χ0n) is 18.3. The van der Waals surface area contributed by atoms with E-state index in [-0.39, 0.29) is 23.3 Å². The van der Waals surface area contributed by atoms with Crippen LogP contribution in [0.3, 0.4) is 0 Å². The summed E-state index contributed by atoms with van der Waals surface area (Å²) in [4.78, 5) is 31.7. The molecule has 0 radical (unpaired) electrons. The Morgan fingerprint density at radius 1 is 1.10 bits per heavy atom. The lowest BCUT2D eigenvalue weighted by Gasteiger charge is -2.38. The van der Waals surface area contributed by atoms with E-state index < -0.39 is 14.2 Å². The minimum absolute atomic E-state index is 0.118. The zero-order valence-corrected chi connectivity index (χ0v) is 19.3. The van der Waals surface area contributed by atoms with Crippen LogP contribution in [0.5, 0.6) is 0 Å².